The third kappa shape index (κ3) is 5.96. The van der Waals surface area contributed by atoms with Gasteiger partial charge in [0.25, 0.3) is 0 Å². The van der Waals surface area contributed by atoms with Gasteiger partial charge in [-0.15, -0.1) is 0 Å². The molecule has 122 valence electrons. The maximum Gasteiger partial charge on any atom is 0.315 e. The Morgan fingerprint density at radius 2 is 1.82 bits per heavy atom. The van der Waals surface area contributed by atoms with E-state index in [9.17, 15) is 4.79 Å². The molecule has 4 nitrogen and oxygen atoms in total. The van der Waals surface area contributed by atoms with E-state index in [2.05, 4.69) is 22.8 Å². The standard InChI is InChI=1S/C18H28N2O2/c1-18(2,3)20-17(21)19-13-12-14-8-10-16(11-9-14)22-15-6-4-5-7-15/h8-11,15H,4-7,12-13H2,1-3H3,(H2,19,20,21). The summed E-state index contributed by atoms with van der Waals surface area (Å²) in [5.41, 5.74) is 0.998. The normalized spacial score (nSPS) is 15.6. The van der Waals surface area contributed by atoms with Crippen molar-refractivity contribution in [3.8, 4) is 5.75 Å². The van der Waals surface area contributed by atoms with E-state index in [0.29, 0.717) is 12.6 Å². The molecule has 0 spiro atoms. The van der Waals surface area contributed by atoms with Crippen molar-refractivity contribution in [3.63, 3.8) is 0 Å². The number of nitrogens with one attached hydrogen (secondary N) is 2. The third-order valence-corrected chi connectivity index (χ3v) is 3.72. The lowest BCUT2D eigenvalue weighted by Gasteiger charge is -2.20. The van der Waals surface area contributed by atoms with Crippen molar-refractivity contribution in [2.45, 2.75) is 64.5 Å². The lowest BCUT2D eigenvalue weighted by Crippen LogP contribution is -2.46. The quantitative estimate of drug-likeness (QED) is 0.872. The van der Waals surface area contributed by atoms with Crippen LogP contribution in [0.15, 0.2) is 24.3 Å². The number of urea groups is 1. The summed E-state index contributed by atoms with van der Waals surface area (Å²) in [4.78, 5) is 11.7. The molecule has 1 fully saturated rings. The van der Waals surface area contributed by atoms with Crippen molar-refractivity contribution in [3.05, 3.63) is 29.8 Å². The minimum Gasteiger partial charge on any atom is -0.490 e. The number of carbonyl (C=O) groups is 1. The van der Waals surface area contributed by atoms with E-state index in [1.54, 1.807) is 0 Å². The van der Waals surface area contributed by atoms with Gasteiger partial charge in [0.2, 0.25) is 0 Å². The zero-order valence-corrected chi connectivity index (χ0v) is 13.9. The minimum atomic E-state index is -0.205. The summed E-state index contributed by atoms with van der Waals surface area (Å²) in [5.74, 6) is 0.953. The Kier molecular flexibility index (Phi) is 5.69. The number of carbonyl (C=O) groups excluding carboxylic acids is 1. The van der Waals surface area contributed by atoms with Crippen LogP contribution in [0.1, 0.15) is 52.0 Å². The van der Waals surface area contributed by atoms with Crippen molar-refractivity contribution in [2.75, 3.05) is 6.54 Å². The highest BCUT2D eigenvalue weighted by molar-refractivity contribution is 5.74. The smallest absolute Gasteiger partial charge is 0.315 e. The molecular formula is C18H28N2O2. The van der Waals surface area contributed by atoms with Crippen molar-refractivity contribution < 1.29 is 9.53 Å². The van der Waals surface area contributed by atoms with Crippen LogP contribution in [0, 0.1) is 0 Å². The number of benzene rings is 1. The van der Waals surface area contributed by atoms with E-state index in [1.165, 1.54) is 31.2 Å². The lowest BCUT2D eigenvalue weighted by atomic mass is 10.1. The number of rotatable bonds is 5. The molecule has 0 bridgehead atoms. The summed E-state index contributed by atoms with van der Waals surface area (Å²) in [6, 6.07) is 8.10. The first-order valence-electron chi connectivity index (χ1n) is 8.24. The SMILES string of the molecule is CC(C)(C)NC(=O)NCCc1ccc(OC2CCCC2)cc1. The van der Waals surface area contributed by atoms with E-state index < -0.39 is 0 Å². The Morgan fingerprint density at radius 3 is 2.41 bits per heavy atom. The molecule has 0 atom stereocenters. The van der Waals surface area contributed by atoms with Gasteiger partial charge in [-0.05, 0) is 70.6 Å². The molecule has 2 rings (SSSR count). The summed E-state index contributed by atoms with van der Waals surface area (Å²) >= 11 is 0. The van der Waals surface area contributed by atoms with Crippen molar-refractivity contribution in [1.29, 1.82) is 0 Å². The van der Waals surface area contributed by atoms with E-state index in [4.69, 9.17) is 4.74 Å². The van der Waals surface area contributed by atoms with Crippen LogP contribution in [-0.4, -0.2) is 24.2 Å². The summed E-state index contributed by atoms with van der Waals surface area (Å²) in [6.45, 7) is 6.53. The van der Waals surface area contributed by atoms with E-state index in [1.807, 2.05) is 32.9 Å². The maximum absolute atomic E-state index is 11.7. The highest BCUT2D eigenvalue weighted by atomic mass is 16.5. The average Bonchev–Trinajstić information content (AvgIpc) is 2.91. The van der Waals surface area contributed by atoms with Crippen LogP contribution in [0.25, 0.3) is 0 Å². The van der Waals surface area contributed by atoms with Crippen LogP contribution >= 0.6 is 0 Å². The van der Waals surface area contributed by atoms with Gasteiger partial charge in [-0.1, -0.05) is 12.1 Å². The van der Waals surface area contributed by atoms with Gasteiger partial charge >= 0.3 is 6.03 Å². The zero-order chi connectivity index (χ0) is 16.0. The second kappa shape index (κ2) is 7.52. The Balaban J connectivity index is 1.71. The second-order valence-corrected chi connectivity index (χ2v) is 7.05. The molecule has 22 heavy (non-hydrogen) atoms. The van der Waals surface area contributed by atoms with Gasteiger partial charge in [-0.3, -0.25) is 0 Å². The number of hydrogen-bond acceptors (Lipinski definition) is 2. The molecule has 0 radical (unpaired) electrons. The molecule has 2 N–H and O–H groups in total. The topological polar surface area (TPSA) is 50.4 Å². The molecular weight excluding hydrogens is 276 g/mol. The fourth-order valence-corrected chi connectivity index (χ4v) is 2.64. The molecule has 4 heteroatoms. The van der Waals surface area contributed by atoms with Crippen molar-refractivity contribution in [2.24, 2.45) is 0 Å². The maximum atomic E-state index is 11.7. The summed E-state index contributed by atoms with van der Waals surface area (Å²) in [5, 5.41) is 5.76. The minimum absolute atomic E-state index is 0.117. The molecule has 0 saturated heterocycles. The molecule has 0 aromatic heterocycles. The lowest BCUT2D eigenvalue weighted by molar-refractivity contribution is 0.210. The fourth-order valence-electron chi connectivity index (χ4n) is 2.64. The van der Waals surface area contributed by atoms with E-state index in [-0.39, 0.29) is 11.6 Å². The molecule has 1 aliphatic carbocycles. The molecule has 0 unspecified atom stereocenters. The average molecular weight is 304 g/mol. The van der Waals surface area contributed by atoms with Gasteiger partial charge in [0.05, 0.1) is 6.10 Å². The van der Waals surface area contributed by atoms with Crippen LogP contribution in [0.3, 0.4) is 0 Å². The Bertz CT molecular complexity index is 471. The van der Waals surface area contributed by atoms with Crippen LogP contribution in [-0.2, 0) is 6.42 Å². The second-order valence-electron chi connectivity index (χ2n) is 7.05. The molecule has 2 amide bonds. The van der Waals surface area contributed by atoms with Crippen LogP contribution < -0.4 is 15.4 Å². The van der Waals surface area contributed by atoms with E-state index >= 15 is 0 Å². The highest BCUT2D eigenvalue weighted by Crippen LogP contribution is 2.24. The van der Waals surface area contributed by atoms with Gasteiger partial charge in [-0.2, -0.15) is 0 Å². The number of ether oxygens (including phenoxy) is 1. The van der Waals surface area contributed by atoms with Gasteiger partial charge in [0.1, 0.15) is 5.75 Å². The van der Waals surface area contributed by atoms with Gasteiger partial charge in [-0.25, -0.2) is 4.79 Å². The van der Waals surface area contributed by atoms with Gasteiger partial charge in [0.15, 0.2) is 0 Å². The van der Waals surface area contributed by atoms with Crippen molar-refractivity contribution in [1.82, 2.24) is 10.6 Å². The van der Waals surface area contributed by atoms with Gasteiger partial charge < -0.3 is 15.4 Å². The van der Waals surface area contributed by atoms with Crippen LogP contribution in [0.4, 0.5) is 4.79 Å². The first kappa shape index (κ1) is 16.7. The zero-order valence-electron chi connectivity index (χ0n) is 13.9. The monoisotopic (exact) mass is 304 g/mol. The van der Waals surface area contributed by atoms with E-state index in [0.717, 1.165) is 12.2 Å². The largest absolute Gasteiger partial charge is 0.490 e. The predicted molar refractivity (Wildman–Crippen MR) is 89.3 cm³/mol. The highest BCUT2D eigenvalue weighted by Gasteiger charge is 2.16. The molecule has 1 saturated carbocycles. The molecule has 1 aromatic carbocycles. The molecule has 0 heterocycles. The molecule has 1 aromatic rings. The molecule has 1 aliphatic rings. The first-order valence-corrected chi connectivity index (χ1v) is 8.24. The number of hydrogen-bond donors (Lipinski definition) is 2. The third-order valence-electron chi connectivity index (χ3n) is 3.72. The Hall–Kier alpha value is -1.71. The summed E-state index contributed by atoms with van der Waals surface area (Å²) in [6.07, 6.45) is 6.13. The Morgan fingerprint density at radius 1 is 1.18 bits per heavy atom. The number of amides is 2. The summed E-state index contributed by atoms with van der Waals surface area (Å²) in [7, 11) is 0. The van der Waals surface area contributed by atoms with Crippen LogP contribution in [0.2, 0.25) is 0 Å². The van der Waals surface area contributed by atoms with Crippen molar-refractivity contribution >= 4 is 6.03 Å². The summed E-state index contributed by atoms with van der Waals surface area (Å²) < 4.78 is 5.95. The van der Waals surface area contributed by atoms with Crippen LogP contribution in [0.5, 0.6) is 5.75 Å². The predicted octanol–water partition coefficient (Wildman–Crippen LogP) is 3.65. The first-order chi connectivity index (χ1) is 10.4. The Labute approximate surface area is 133 Å². The fraction of sp³-hybridized carbons (Fsp3) is 0.611. The van der Waals surface area contributed by atoms with Gasteiger partial charge in [0, 0.05) is 12.1 Å². The molecule has 0 aliphatic heterocycles.